The van der Waals surface area contributed by atoms with Crippen molar-refractivity contribution in [3.05, 3.63) is 71.8 Å². The van der Waals surface area contributed by atoms with Gasteiger partial charge in [0.1, 0.15) is 0 Å². The lowest BCUT2D eigenvalue weighted by Crippen LogP contribution is -2.53. The first-order chi connectivity index (χ1) is 16.0. The first-order valence-corrected chi connectivity index (χ1v) is 11.4. The zero-order chi connectivity index (χ0) is 23.6. The first kappa shape index (κ1) is 25.1. The quantitative estimate of drug-likeness (QED) is 0.305. The molecule has 0 spiro atoms. The molecule has 2 N–H and O–H groups in total. The number of rotatable bonds is 11. The van der Waals surface area contributed by atoms with Gasteiger partial charge >= 0.3 is 5.97 Å². The van der Waals surface area contributed by atoms with Crippen molar-refractivity contribution in [3.63, 3.8) is 0 Å². The van der Waals surface area contributed by atoms with Gasteiger partial charge < -0.3 is 24.6 Å². The fourth-order valence-corrected chi connectivity index (χ4v) is 3.86. The molecule has 7 nitrogen and oxygen atoms in total. The molecule has 0 radical (unpaired) electrons. The summed E-state index contributed by atoms with van der Waals surface area (Å²) in [5.41, 5.74) is 1.14. The number of ether oxygens (including phenoxy) is 3. The second-order valence-electron chi connectivity index (χ2n) is 8.37. The average Bonchev–Trinajstić information content (AvgIpc) is 2.86. The Balaban J connectivity index is 1.49. The molecule has 0 saturated carbocycles. The summed E-state index contributed by atoms with van der Waals surface area (Å²) in [6.07, 6.45) is -1.11. The minimum Gasteiger partial charge on any atom is -0.453 e. The van der Waals surface area contributed by atoms with Crippen molar-refractivity contribution in [2.45, 2.75) is 38.8 Å². The highest BCUT2D eigenvalue weighted by molar-refractivity contribution is 5.97. The van der Waals surface area contributed by atoms with E-state index >= 15 is 0 Å². The molecule has 3 rings (SSSR count). The van der Waals surface area contributed by atoms with Crippen LogP contribution in [0.15, 0.2) is 60.7 Å². The number of hydrogen-bond donors (Lipinski definition) is 2. The van der Waals surface area contributed by atoms with Crippen LogP contribution in [0, 0.1) is 11.8 Å². The minimum absolute atomic E-state index is 0.00547. The maximum atomic E-state index is 12.6. The zero-order valence-electron chi connectivity index (χ0n) is 19.2. The van der Waals surface area contributed by atoms with Gasteiger partial charge in [-0.3, -0.25) is 4.79 Å². The van der Waals surface area contributed by atoms with Crippen LogP contribution in [0.3, 0.4) is 0 Å². The highest BCUT2D eigenvalue weighted by atomic mass is 16.7. The number of nitrogens with one attached hydrogen (secondary N) is 1. The Morgan fingerprint density at radius 2 is 1.61 bits per heavy atom. The predicted molar refractivity (Wildman–Crippen MR) is 124 cm³/mol. The molecule has 1 fully saturated rings. The number of benzene rings is 2. The molecule has 2 unspecified atom stereocenters. The van der Waals surface area contributed by atoms with Crippen molar-refractivity contribution in [2.24, 2.45) is 11.8 Å². The standard InChI is InChI=1S/C26H33NO6/c1-18-19(2)24(33-25(30)21-12-7-4-8-13-21)26(32-23(18)17-28)31-15-9-14-27-16-22(29)20-10-5-3-6-11-20/h3-8,10-13,18-19,23-24,26-28H,9,14-17H2,1-2H3/t18-,19-,23?,24?,26-/m0/s1. The number of carbonyl (C=O) groups is 2. The second-order valence-corrected chi connectivity index (χ2v) is 8.37. The van der Waals surface area contributed by atoms with E-state index in [0.29, 0.717) is 30.7 Å². The zero-order valence-corrected chi connectivity index (χ0v) is 19.2. The number of carbonyl (C=O) groups excluding carboxylic acids is 2. The van der Waals surface area contributed by atoms with Crippen molar-refractivity contribution in [1.29, 1.82) is 0 Å². The van der Waals surface area contributed by atoms with Crippen molar-refractivity contribution >= 4 is 11.8 Å². The highest BCUT2D eigenvalue weighted by Crippen LogP contribution is 2.33. The number of ketones is 1. The molecular formula is C26H33NO6. The van der Waals surface area contributed by atoms with Gasteiger partial charge in [0.25, 0.3) is 0 Å². The third-order valence-corrected chi connectivity index (χ3v) is 6.11. The van der Waals surface area contributed by atoms with Gasteiger partial charge in [0, 0.05) is 11.5 Å². The molecule has 0 aromatic heterocycles. The summed E-state index contributed by atoms with van der Waals surface area (Å²) >= 11 is 0. The summed E-state index contributed by atoms with van der Waals surface area (Å²) in [6.45, 7) is 5.02. The molecule has 178 valence electrons. The smallest absolute Gasteiger partial charge is 0.338 e. The molecule has 5 atom stereocenters. The molecule has 7 heteroatoms. The molecule has 0 bridgehead atoms. The molecular weight excluding hydrogens is 422 g/mol. The Morgan fingerprint density at radius 1 is 0.970 bits per heavy atom. The van der Waals surface area contributed by atoms with Gasteiger partial charge in [-0.1, -0.05) is 62.4 Å². The lowest BCUT2D eigenvalue weighted by molar-refractivity contribution is -0.274. The van der Waals surface area contributed by atoms with Crippen LogP contribution in [0.25, 0.3) is 0 Å². The lowest BCUT2D eigenvalue weighted by atomic mass is 9.83. The van der Waals surface area contributed by atoms with Gasteiger partial charge in [0.05, 0.1) is 31.4 Å². The first-order valence-electron chi connectivity index (χ1n) is 11.4. The van der Waals surface area contributed by atoms with Gasteiger partial charge in [-0.15, -0.1) is 0 Å². The van der Waals surface area contributed by atoms with E-state index < -0.39 is 24.5 Å². The molecule has 0 aliphatic carbocycles. The highest BCUT2D eigenvalue weighted by Gasteiger charge is 2.44. The largest absolute Gasteiger partial charge is 0.453 e. The number of esters is 1. The Bertz CT molecular complexity index is 875. The molecule has 2 aromatic rings. The Morgan fingerprint density at radius 3 is 2.24 bits per heavy atom. The normalized spacial score (nSPS) is 24.9. The van der Waals surface area contributed by atoms with Crippen LogP contribution < -0.4 is 5.32 Å². The van der Waals surface area contributed by atoms with Crippen molar-refractivity contribution in [1.82, 2.24) is 5.32 Å². The summed E-state index contributed by atoms with van der Waals surface area (Å²) in [6, 6.07) is 18.0. The van der Waals surface area contributed by atoms with E-state index in [1.807, 2.05) is 38.1 Å². The van der Waals surface area contributed by atoms with Crippen LogP contribution in [-0.4, -0.2) is 61.7 Å². The lowest BCUT2D eigenvalue weighted by Gasteiger charge is -2.43. The molecule has 2 aromatic carbocycles. The van der Waals surface area contributed by atoms with E-state index in [0.717, 1.165) is 0 Å². The average molecular weight is 456 g/mol. The Labute approximate surface area is 195 Å². The number of hydrogen-bond acceptors (Lipinski definition) is 7. The topological polar surface area (TPSA) is 94.1 Å². The van der Waals surface area contributed by atoms with Crippen LogP contribution in [0.1, 0.15) is 41.0 Å². The molecule has 1 aliphatic rings. The Kier molecular flexibility index (Phi) is 9.57. The van der Waals surface area contributed by atoms with Gasteiger partial charge in [-0.2, -0.15) is 0 Å². The Hall–Kier alpha value is -2.58. The minimum atomic E-state index is -0.771. The number of aliphatic hydroxyl groups excluding tert-OH is 1. The molecule has 0 amide bonds. The van der Waals surface area contributed by atoms with E-state index in [4.69, 9.17) is 14.2 Å². The maximum absolute atomic E-state index is 12.6. The van der Waals surface area contributed by atoms with E-state index in [-0.39, 0.29) is 30.8 Å². The third-order valence-electron chi connectivity index (χ3n) is 6.11. The fraction of sp³-hybridized carbons (Fsp3) is 0.462. The summed E-state index contributed by atoms with van der Waals surface area (Å²) in [5.74, 6) is -0.460. The maximum Gasteiger partial charge on any atom is 0.338 e. The summed E-state index contributed by atoms with van der Waals surface area (Å²) in [4.78, 5) is 24.8. The second kappa shape index (κ2) is 12.6. The monoisotopic (exact) mass is 455 g/mol. The summed E-state index contributed by atoms with van der Waals surface area (Å²) in [7, 11) is 0. The van der Waals surface area contributed by atoms with Crippen LogP contribution in [0.2, 0.25) is 0 Å². The van der Waals surface area contributed by atoms with Crippen LogP contribution in [0.4, 0.5) is 0 Å². The van der Waals surface area contributed by atoms with E-state index in [9.17, 15) is 14.7 Å². The van der Waals surface area contributed by atoms with Crippen molar-refractivity contribution in [3.8, 4) is 0 Å². The number of Topliss-reactive ketones (excluding diaryl/α,β-unsaturated/α-hetero) is 1. The van der Waals surface area contributed by atoms with Crippen LogP contribution in [0.5, 0.6) is 0 Å². The fourth-order valence-electron chi connectivity index (χ4n) is 3.86. The van der Waals surface area contributed by atoms with Crippen molar-refractivity contribution in [2.75, 3.05) is 26.3 Å². The molecule has 1 saturated heterocycles. The van der Waals surface area contributed by atoms with Gasteiger partial charge in [-0.25, -0.2) is 4.79 Å². The van der Waals surface area contributed by atoms with E-state index in [2.05, 4.69) is 5.32 Å². The summed E-state index contributed by atoms with van der Waals surface area (Å²) < 4.78 is 17.7. The van der Waals surface area contributed by atoms with Gasteiger partial charge in [0.2, 0.25) is 0 Å². The van der Waals surface area contributed by atoms with Gasteiger partial charge in [0.15, 0.2) is 18.2 Å². The van der Waals surface area contributed by atoms with E-state index in [1.165, 1.54) is 0 Å². The molecule has 1 heterocycles. The third kappa shape index (κ3) is 6.95. The number of aliphatic hydroxyl groups is 1. The molecule has 1 aliphatic heterocycles. The summed E-state index contributed by atoms with van der Waals surface area (Å²) in [5, 5.41) is 12.8. The predicted octanol–water partition coefficient (Wildman–Crippen LogP) is 3.08. The van der Waals surface area contributed by atoms with E-state index in [1.54, 1.807) is 36.4 Å². The molecule has 33 heavy (non-hydrogen) atoms. The van der Waals surface area contributed by atoms with Crippen LogP contribution >= 0.6 is 0 Å². The van der Waals surface area contributed by atoms with Gasteiger partial charge in [-0.05, 0) is 31.0 Å². The SMILES string of the molecule is C[C@@H]1C(CO)O[C@H](OCCCNCC(=O)c2ccccc2)C(OC(=O)c2ccccc2)[C@H]1C. The van der Waals surface area contributed by atoms with Crippen molar-refractivity contribution < 1.29 is 28.9 Å². The van der Waals surface area contributed by atoms with Crippen LogP contribution in [-0.2, 0) is 14.2 Å².